The largest absolute Gasteiger partial charge is 0.488 e. The molecular weight excluding hydrogens is 397 g/mol. The van der Waals surface area contributed by atoms with Gasteiger partial charge in [0.15, 0.2) is 0 Å². The van der Waals surface area contributed by atoms with Crippen LogP contribution in [0.2, 0.25) is 10.0 Å². The van der Waals surface area contributed by atoms with E-state index in [1.165, 1.54) is 6.20 Å². The molecule has 0 saturated carbocycles. The Morgan fingerprint density at radius 2 is 1.79 bits per heavy atom. The summed E-state index contributed by atoms with van der Waals surface area (Å²) in [4.78, 5) is 16.7. The highest BCUT2D eigenvalue weighted by atomic mass is 35.5. The number of carbonyl (C=O) groups is 1. The predicted molar refractivity (Wildman–Crippen MR) is 112 cm³/mol. The zero-order chi connectivity index (χ0) is 20.1. The van der Waals surface area contributed by atoms with Crippen molar-refractivity contribution in [2.75, 3.05) is 5.32 Å². The fraction of sp³-hybridized carbons (Fsp3) is 0.0952. The third-order valence-corrected chi connectivity index (χ3v) is 4.40. The first-order chi connectivity index (χ1) is 13.4. The quantitative estimate of drug-likeness (QED) is 0.515. The van der Waals surface area contributed by atoms with Gasteiger partial charge in [0.25, 0.3) is 5.91 Å². The standard InChI is InChI=1S/C21H17Cl2N3O2/c1-13(24)15-4-2-14(3-5-15)12-28-19-8-6-16(22)10-18(19)21(27)26-20-9-7-17(23)11-25-20/h2-11,24H,12H2,1H3,(H,25,26,27). The van der Waals surface area contributed by atoms with Crippen LogP contribution in [0.1, 0.15) is 28.4 Å². The lowest BCUT2D eigenvalue weighted by molar-refractivity contribution is 0.102. The van der Waals surface area contributed by atoms with Crippen molar-refractivity contribution in [2.45, 2.75) is 13.5 Å². The van der Waals surface area contributed by atoms with Crippen LogP contribution in [0, 0.1) is 5.41 Å². The Morgan fingerprint density at radius 3 is 2.43 bits per heavy atom. The summed E-state index contributed by atoms with van der Waals surface area (Å²) in [7, 11) is 0. The van der Waals surface area contributed by atoms with Crippen LogP contribution in [0.4, 0.5) is 5.82 Å². The number of rotatable bonds is 6. The number of nitrogens with zero attached hydrogens (tertiary/aromatic N) is 1. The van der Waals surface area contributed by atoms with Gasteiger partial charge in [-0.1, -0.05) is 47.5 Å². The molecular formula is C21H17Cl2N3O2. The summed E-state index contributed by atoms with van der Waals surface area (Å²) < 4.78 is 5.84. The normalized spacial score (nSPS) is 10.4. The second kappa shape index (κ2) is 8.87. The third-order valence-electron chi connectivity index (χ3n) is 3.94. The zero-order valence-corrected chi connectivity index (χ0v) is 16.5. The van der Waals surface area contributed by atoms with Gasteiger partial charge in [0.2, 0.25) is 0 Å². The van der Waals surface area contributed by atoms with Crippen LogP contribution in [0.5, 0.6) is 5.75 Å². The summed E-state index contributed by atoms with van der Waals surface area (Å²) in [5.41, 5.74) is 2.58. The average Bonchev–Trinajstić information content (AvgIpc) is 2.69. The number of halogens is 2. The Kier molecular flexibility index (Phi) is 6.29. The zero-order valence-electron chi connectivity index (χ0n) is 15.0. The molecule has 3 aromatic rings. The lowest BCUT2D eigenvalue weighted by Crippen LogP contribution is -2.14. The monoisotopic (exact) mass is 413 g/mol. The molecule has 0 bridgehead atoms. The van der Waals surface area contributed by atoms with Crippen molar-refractivity contribution in [3.8, 4) is 5.75 Å². The van der Waals surface area contributed by atoms with Gasteiger partial charge in [0.1, 0.15) is 18.2 Å². The van der Waals surface area contributed by atoms with E-state index in [-0.39, 0.29) is 12.5 Å². The number of nitrogens with one attached hydrogen (secondary N) is 2. The smallest absolute Gasteiger partial charge is 0.260 e. The molecule has 0 radical (unpaired) electrons. The van der Waals surface area contributed by atoms with Gasteiger partial charge in [-0.3, -0.25) is 4.79 Å². The second-order valence-corrected chi connectivity index (χ2v) is 6.94. The van der Waals surface area contributed by atoms with E-state index in [4.69, 9.17) is 33.3 Å². The first-order valence-electron chi connectivity index (χ1n) is 8.42. The summed E-state index contributed by atoms with van der Waals surface area (Å²) in [6.45, 7) is 2.01. The Morgan fingerprint density at radius 1 is 1.07 bits per heavy atom. The van der Waals surface area contributed by atoms with Gasteiger partial charge in [-0.05, 0) is 48.4 Å². The van der Waals surface area contributed by atoms with E-state index in [0.717, 1.165) is 11.1 Å². The van der Waals surface area contributed by atoms with E-state index in [2.05, 4.69) is 10.3 Å². The number of pyridine rings is 1. The van der Waals surface area contributed by atoms with Gasteiger partial charge in [-0.2, -0.15) is 0 Å². The molecule has 0 atom stereocenters. The molecule has 3 rings (SSSR count). The maximum atomic E-state index is 12.7. The van der Waals surface area contributed by atoms with Gasteiger partial charge in [-0.15, -0.1) is 0 Å². The van der Waals surface area contributed by atoms with Gasteiger partial charge in [-0.25, -0.2) is 4.98 Å². The minimum Gasteiger partial charge on any atom is -0.488 e. The van der Waals surface area contributed by atoms with Crippen molar-refractivity contribution in [1.29, 1.82) is 5.41 Å². The highest BCUT2D eigenvalue weighted by Crippen LogP contribution is 2.25. The molecule has 0 fully saturated rings. The summed E-state index contributed by atoms with van der Waals surface area (Å²) >= 11 is 11.9. The number of aromatic nitrogens is 1. The number of benzene rings is 2. The SMILES string of the molecule is CC(=N)c1ccc(COc2ccc(Cl)cc2C(=O)Nc2ccc(Cl)cn2)cc1. The molecule has 28 heavy (non-hydrogen) atoms. The minimum atomic E-state index is -0.387. The van der Waals surface area contributed by atoms with E-state index in [0.29, 0.717) is 32.9 Å². The summed E-state index contributed by atoms with van der Waals surface area (Å²) in [5, 5.41) is 11.2. The molecule has 5 nitrogen and oxygen atoms in total. The third kappa shape index (κ3) is 5.09. The fourth-order valence-corrected chi connectivity index (χ4v) is 2.73. The van der Waals surface area contributed by atoms with Crippen LogP contribution in [-0.2, 0) is 6.61 Å². The highest BCUT2D eigenvalue weighted by molar-refractivity contribution is 6.31. The number of hydrogen-bond acceptors (Lipinski definition) is 4. The summed E-state index contributed by atoms with van der Waals surface area (Å²) in [5.74, 6) is 0.392. The Bertz CT molecular complexity index is 1000. The first-order valence-corrected chi connectivity index (χ1v) is 9.17. The molecule has 2 N–H and O–H groups in total. The van der Waals surface area contributed by atoms with Gasteiger partial charge < -0.3 is 15.5 Å². The molecule has 1 amide bonds. The summed E-state index contributed by atoms with van der Waals surface area (Å²) in [6.07, 6.45) is 1.45. The van der Waals surface area contributed by atoms with E-state index < -0.39 is 0 Å². The van der Waals surface area contributed by atoms with Crippen molar-refractivity contribution >= 4 is 40.6 Å². The van der Waals surface area contributed by atoms with Crippen molar-refractivity contribution in [2.24, 2.45) is 0 Å². The van der Waals surface area contributed by atoms with E-state index >= 15 is 0 Å². The minimum absolute atomic E-state index is 0.276. The number of amides is 1. The molecule has 7 heteroatoms. The van der Waals surface area contributed by atoms with Crippen LogP contribution < -0.4 is 10.1 Å². The molecule has 1 heterocycles. The summed E-state index contributed by atoms with van der Waals surface area (Å²) in [6, 6.07) is 15.6. The van der Waals surface area contributed by atoms with Gasteiger partial charge in [0, 0.05) is 16.9 Å². The molecule has 2 aromatic carbocycles. The lowest BCUT2D eigenvalue weighted by Gasteiger charge is -2.12. The maximum Gasteiger partial charge on any atom is 0.260 e. The van der Waals surface area contributed by atoms with E-state index in [9.17, 15) is 4.79 Å². The number of ether oxygens (including phenoxy) is 1. The van der Waals surface area contributed by atoms with Gasteiger partial charge in [0.05, 0.1) is 10.6 Å². The van der Waals surface area contributed by atoms with Crippen LogP contribution in [-0.4, -0.2) is 16.6 Å². The molecule has 142 valence electrons. The van der Waals surface area contributed by atoms with Crippen LogP contribution in [0.25, 0.3) is 0 Å². The highest BCUT2D eigenvalue weighted by Gasteiger charge is 2.15. The second-order valence-electron chi connectivity index (χ2n) is 6.07. The first kappa shape index (κ1) is 19.9. The van der Waals surface area contributed by atoms with Crippen LogP contribution >= 0.6 is 23.2 Å². The molecule has 0 unspecified atom stereocenters. The number of hydrogen-bond donors (Lipinski definition) is 2. The molecule has 1 aromatic heterocycles. The van der Waals surface area contributed by atoms with Crippen molar-refractivity contribution in [3.63, 3.8) is 0 Å². The van der Waals surface area contributed by atoms with Crippen molar-refractivity contribution < 1.29 is 9.53 Å². The molecule has 0 aliphatic carbocycles. The van der Waals surface area contributed by atoms with E-state index in [1.54, 1.807) is 37.3 Å². The molecule has 0 spiro atoms. The molecule has 0 aliphatic heterocycles. The number of carbonyl (C=O) groups excluding carboxylic acids is 1. The lowest BCUT2D eigenvalue weighted by atomic mass is 10.1. The average molecular weight is 414 g/mol. The van der Waals surface area contributed by atoms with Crippen molar-refractivity contribution in [3.05, 3.63) is 87.5 Å². The Balaban J connectivity index is 1.75. The fourth-order valence-electron chi connectivity index (χ4n) is 2.45. The van der Waals surface area contributed by atoms with Gasteiger partial charge >= 0.3 is 0 Å². The predicted octanol–water partition coefficient (Wildman–Crippen LogP) is 5.61. The maximum absolute atomic E-state index is 12.7. The Hall–Kier alpha value is -2.89. The van der Waals surface area contributed by atoms with Crippen LogP contribution in [0.15, 0.2) is 60.8 Å². The molecule has 0 aliphatic rings. The van der Waals surface area contributed by atoms with E-state index in [1.807, 2.05) is 24.3 Å². The Labute approximate surface area is 172 Å². The van der Waals surface area contributed by atoms with Crippen molar-refractivity contribution in [1.82, 2.24) is 4.98 Å². The topological polar surface area (TPSA) is 75.1 Å². The van der Waals surface area contributed by atoms with Crippen LogP contribution in [0.3, 0.4) is 0 Å². The molecule has 0 saturated heterocycles. The number of anilines is 1.